The number of hydrogen-bond donors (Lipinski definition) is 3. The van der Waals surface area contributed by atoms with Crippen molar-refractivity contribution < 1.29 is 23.9 Å². The molecule has 4 rings (SSSR count). The summed E-state index contributed by atoms with van der Waals surface area (Å²) in [7, 11) is 1.63. The van der Waals surface area contributed by atoms with E-state index in [4.69, 9.17) is 9.47 Å². The van der Waals surface area contributed by atoms with E-state index in [1.54, 1.807) is 31.4 Å². The van der Waals surface area contributed by atoms with E-state index in [2.05, 4.69) is 16.0 Å². The Morgan fingerprint density at radius 2 is 1.84 bits per heavy atom. The largest absolute Gasteiger partial charge is 0.497 e. The summed E-state index contributed by atoms with van der Waals surface area (Å²) in [4.78, 5) is 37.8. The van der Waals surface area contributed by atoms with Crippen molar-refractivity contribution in [1.82, 2.24) is 10.6 Å². The van der Waals surface area contributed by atoms with Crippen molar-refractivity contribution in [3.63, 3.8) is 0 Å². The van der Waals surface area contributed by atoms with Gasteiger partial charge in [0.25, 0.3) is 5.91 Å². The molecule has 2 heterocycles. The lowest BCUT2D eigenvalue weighted by Crippen LogP contribution is -2.48. The molecule has 0 radical (unpaired) electrons. The summed E-state index contributed by atoms with van der Waals surface area (Å²) >= 11 is 0. The molecular weight excluding hydrogens is 410 g/mol. The quantitative estimate of drug-likeness (QED) is 0.641. The molecule has 2 aromatic rings. The monoisotopic (exact) mass is 437 g/mol. The summed E-state index contributed by atoms with van der Waals surface area (Å²) in [5.41, 5.74) is 1.67. The van der Waals surface area contributed by atoms with Crippen LogP contribution in [0.4, 0.5) is 5.69 Å². The van der Waals surface area contributed by atoms with Crippen molar-refractivity contribution in [3.8, 4) is 5.75 Å². The second kappa shape index (κ2) is 9.40. The van der Waals surface area contributed by atoms with E-state index < -0.39 is 11.9 Å². The molecule has 8 heteroatoms. The molecule has 0 saturated carbocycles. The number of benzene rings is 2. The average Bonchev–Trinajstić information content (AvgIpc) is 2.94. The van der Waals surface area contributed by atoms with Gasteiger partial charge in [0.1, 0.15) is 11.8 Å². The standard InChI is InChI=1S/C24H27N3O5/c1-31-17-8-6-16(7-9-17)24(10-12-32-13-11-24)15-25-21(28)14-20-23(30)26-19-5-3-2-4-18(19)22(29)27-20/h2-9,20H,10-15H2,1H3,(H,25,28)(H,26,30)(H,27,29)/t20-/m1/s1. The highest BCUT2D eigenvalue weighted by atomic mass is 16.5. The van der Waals surface area contributed by atoms with Crippen LogP contribution >= 0.6 is 0 Å². The first-order chi connectivity index (χ1) is 15.5. The van der Waals surface area contributed by atoms with Crippen LogP contribution in [0.2, 0.25) is 0 Å². The van der Waals surface area contributed by atoms with E-state index in [-0.39, 0.29) is 23.7 Å². The third-order valence-corrected chi connectivity index (χ3v) is 6.22. The summed E-state index contributed by atoms with van der Waals surface area (Å²) in [6, 6.07) is 13.7. The van der Waals surface area contributed by atoms with Crippen LogP contribution in [-0.4, -0.2) is 50.6 Å². The number of ether oxygens (including phenoxy) is 2. The molecule has 2 aliphatic heterocycles. The normalized spacial score (nSPS) is 19.7. The summed E-state index contributed by atoms with van der Waals surface area (Å²) in [6.45, 7) is 1.65. The Morgan fingerprint density at radius 1 is 1.12 bits per heavy atom. The lowest BCUT2D eigenvalue weighted by atomic mass is 9.74. The second-order valence-corrected chi connectivity index (χ2v) is 8.16. The average molecular weight is 437 g/mol. The molecule has 1 fully saturated rings. The zero-order valence-corrected chi connectivity index (χ0v) is 18.0. The maximum absolute atomic E-state index is 12.8. The van der Waals surface area contributed by atoms with Crippen LogP contribution in [-0.2, 0) is 19.7 Å². The molecule has 0 unspecified atom stereocenters. The van der Waals surface area contributed by atoms with Crippen molar-refractivity contribution in [2.24, 2.45) is 0 Å². The van der Waals surface area contributed by atoms with Crippen molar-refractivity contribution >= 4 is 23.4 Å². The Kier molecular flexibility index (Phi) is 6.41. The number of amides is 3. The molecule has 2 aliphatic rings. The summed E-state index contributed by atoms with van der Waals surface area (Å²) in [5.74, 6) is -0.308. The smallest absolute Gasteiger partial charge is 0.254 e. The number of hydrogen-bond acceptors (Lipinski definition) is 5. The molecule has 8 nitrogen and oxygen atoms in total. The fraction of sp³-hybridized carbons (Fsp3) is 0.375. The first-order valence-corrected chi connectivity index (χ1v) is 10.7. The maximum atomic E-state index is 12.8. The van der Waals surface area contributed by atoms with E-state index in [0.717, 1.165) is 24.2 Å². The fourth-order valence-electron chi connectivity index (χ4n) is 4.25. The van der Waals surface area contributed by atoms with Gasteiger partial charge in [0, 0.05) is 25.2 Å². The first kappa shape index (κ1) is 21.8. The predicted octanol–water partition coefficient (Wildman–Crippen LogP) is 2.00. The van der Waals surface area contributed by atoms with Crippen LogP contribution in [0.25, 0.3) is 0 Å². The Labute approximate surface area is 186 Å². The van der Waals surface area contributed by atoms with E-state index in [0.29, 0.717) is 31.0 Å². The molecule has 0 aliphatic carbocycles. The zero-order chi connectivity index (χ0) is 22.6. The molecule has 0 spiro atoms. The van der Waals surface area contributed by atoms with Crippen molar-refractivity contribution in [2.75, 3.05) is 32.2 Å². The highest BCUT2D eigenvalue weighted by molar-refractivity contribution is 6.10. The third-order valence-electron chi connectivity index (χ3n) is 6.22. The van der Waals surface area contributed by atoms with E-state index >= 15 is 0 Å². The van der Waals surface area contributed by atoms with Gasteiger partial charge in [-0.2, -0.15) is 0 Å². The number of fused-ring (bicyclic) bond motifs is 1. The Bertz CT molecular complexity index is 999. The van der Waals surface area contributed by atoms with E-state index in [1.807, 2.05) is 24.3 Å². The Hall–Kier alpha value is -3.39. The SMILES string of the molecule is COc1ccc(C2(CNC(=O)C[C@H]3NC(=O)c4ccccc4NC3=O)CCOCC2)cc1. The number of anilines is 1. The van der Waals surface area contributed by atoms with Crippen LogP contribution in [0.15, 0.2) is 48.5 Å². The van der Waals surface area contributed by atoms with Gasteiger partial charge in [0.15, 0.2) is 0 Å². The van der Waals surface area contributed by atoms with Crippen LogP contribution in [0, 0.1) is 0 Å². The van der Waals surface area contributed by atoms with Crippen LogP contribution in [0.3, 0.4) is 0 Å². The van der Waals surface area contributed by atoms with E-state index in [1.165, 1.54) is 0 Å². The van der Waals surface area contributed by atoms with E-state index in [9.17, 15) is 14.4 Å². The van der Waals surface area contributed by atoms with Gasteiger partial charge in [0.05, 0.1) is 24.8 Å². The van der Waals surface area contributed by atoms with Crippen LogP contribution in [0.5, 0.6) is 5.75 Å². The molecule has 2 aromatic carbocycles. The van der Waals surface area contributed by atoms with Gasteiger partial charge in [-0.05, 0) is 42.7 Å². The van der Waals surface area contributed by atoms with Gasteiger partial charge < -0.3 is 25.4 Å². The van der Waals surface area contributed by atoms with Gasteiger partial charge in [-0.15, -0.1) is 0 Å². The summed E-state index contributed by atoms with van der Waals surface area (Å²) in [6.07, 6.45) is 1.41. The zero-order valence-electron chi connectivity index (χ0n) is 18.0. The fourth-order valence-corrected chi connectivity index (χ4v) is 4.25. The molecule has 168 valence electrons. The highest BCUT2D eigenvalue weighted by Gasteiger charge is 2.36. The van der Waals surface area contributed by atoms with Gasteiger partial charge in [-0.25, -0.2) is 0 Å². The number of carbonyl (C=O) groups is 3. The van der Waals surface area contributed by atoms with Crippen molar-refractivity contribution in [1.29, 1.82) is 0 Å². The summed E-state index contributed by atoms with van der Waals surface area (Å²) in [5, 5.41) is 8.38. The van der Waals surface area contributed by atoms with Gasteiger partial charge >= 0.3 is 0 Å². The highest BCUT2D eigenvalue weighted by Crippen LogP contribution is 2.35. The number of para-hydroxylation sites is 1. The molecular formula is C24H27N3O5. The maximum Gasteiger partial charge on any atom is 0.254 e. The summed E-state index contributed by atoms with van der Waals surface area (Å²) < 4.78 is 10.8. The van der Waals surface area contributed by atoms with Gasteiger partial charge in [0.2, 0.25) is 11.8 Å². The van der Waals surface area contributed by atoms with Crippen LogP contribution in [0.1, 0.15) is 35.2 Å². The molecule has 0 bridgehead atoms. The minimum atomic E-state index is -0.943. The molecule has 3 amide bonds. The number of nitrogens with one attached hydrogen (secondary N) is 3. The molecule has 3 N–H and O–H groups in total. The first-order valence-electron chi connectivity index (χ1n) is 10.7. The lowest BCUT2D eigenvalue weighted by molar-refractivity contribution is -0.126. The number of methoxy groups -OCH3 is 1. The Morgan fingerprint density at radius 3 is 2.56 bits per heavy atom. The number of rotatable bonds is 6. The van der Waals surface area contributed by atoms with Gasteiger partial charge in [-0.3, -0.25) is 14.4 Å². The van der Waals surface area contributed by atoms with Crippen molar-refractivity contribution in [3.05, 3.63) is 59.7 Å². The molecule has 0 aromatic heterocycles. The molecule has 1 atom stereocenters. The minimum absolute atomic E-state index is 0.138. The van der Waals surface area contributed by atoms with Crippen molar-refractivity contribution in [2.45, 2.75) is 30.7 Å². The number of carbonyl (C=O) groups excluding carboxylic acids is 3. The minimum Gasteiger partial charge on any atom is -0.497 e. The third kappa shape index (κ3) is 4.60. The Balaban J connectivity index is 1.42. The van der Waals surface area contributed by atoms with Gasteiger partial charge in [-0.1, -0.05) is 24.3 Å². The van der Waals surface area contributed by atoms with Crippen LogP contribution < -0.4 is 20.7 Å². The topological polar surface area (TPSA) is 106 Å². The second-order valence-electron chi connectivity index (χ2n) is 8.16. The molecule has 1 saturated heterocycles. The lowest BCUT2D eigenvalue weighted by Gasteiger charge is -2.38. The predicted molar refractivity (Wildman–Crippen MR) is 119 cm³/mol. The molecule has 32 heavy (non-hydrogen) atoms.